The molecule has 0 unspecified atom stereocenters. The van der Waals surface area contributed by atoms with E-state index in [0.717, 1.165) is 0 Å². The largest absolute Gasteiger partial charge is 0.388 e. The van der Waals surface area contributed by atoms with Crippen LogP contribution >= 0.6 is 0 Å². The first-order valence-corrected chi connectivity index (χ1v) is 5.66. The highest BCUT2D eigenvalue weighted by molar-refractivity contribution is 5.34. The van der Waals surface area contributed by atoms with E-state index in [9.17, 15) is 9.90 Å². The molecule has 0 bridgehead atoms. The Morgan fingerprint density at radius 3 is 2.94 bits per heavy atom. The Morgan fingerprint density at radius 1 is 1.59 bits per heavy atom. The molecule has 0 saturated carbocycles. The smallest absolute Gasteiger partial charge is 0.290 e. The summed E-state index contributed by atoms with van der Waals surface area (Å²) < 4.78 is 5.21. The number of aromatic nitrogens is 2. The molecule has 0 amide bonds. The Labute approximate surface area is 99.2 Å². The Kier molecular flexibility index (Phi) is 3.44. The number of ether oxygens (including phenoxy) is 1. The van der Waals surface area contributed by atoms with Crippen LogP contribution in [-0.2, 0) is 4.74 Å². The van der Waals surface area contributed by atoms with E-state index in [4.69, 9.17) is 4.74 Å². The van der Waals surface area contributed by atoms with E-state index in [1.165, 1.54) is 12.4 Å². The van der Waals surface area contributed by atoms with E-state index < -0.39 is 5.60 Å². The number of rotatable bonds is 3. The van der Waals surface area contributed by atoms with Crippen LogP contribution in [0.1, 0.15) is 12.8 Å². The average Bonchev–Trinajstić information content (AvgIpc) is 2.29. The second-order valence-corrected chi connectivity index (χ2v) is 4.43. The quantitative estimate of drug-likeness (QED) is 0.760. The SMILES string of the molecule is CN(CC1(O)CCOCC1)c1ncc[nH]c1=O. The number of nitrogens with one attached hydrogen (secondary N) is 1. The molecule has 0 radical (unpaired) electrons. The van der Waals surface area contributed by atoms with Crippen LogP contribution < -0.4 is 10.5 Å². The zero-order valence-corrected chi connectivity index (χ0v) is 9.85. The van der Waals surface area contributed by atoms with Gasteiger partial charge in [0.25, 0.3) is 5.56 Å². The van der Waals surface area contributed by atoms with E-state index >= 15 is 0 Å². The molecule has 17 heavy (non-hydrogen) atoms. The Balaban J connectivity index is 2.08. The molecule has 2 N–H and O–H groups in total. The molecule has 0 aromatic carbocycles. The van der Waals surface area contributed by atoms with Crippen LogP contribution in [0.2, 0.25) is 0 Å². The van der Waals surface area contributed by atoms with Gasteiger partial charge in [-0.3, -0.25) is 4.79 Å². The maximum absolute atomic E-state index is 11.5. The molecule has 2 heterocycles. The summed E-state index contributed by atoms with van der Waals surface area (Å²) in [6, 6.07) is 0. The number of aliphatic hydroxyl groups is 1. The maximum Gasteiger partial charge on any atom is 0.290 e. The van der Waals surface area contributed by atoms with Gasteiger partial charge < -0.3 is 19.7 Å². The van der Waals surface area contributed by atoms with Gasteiger partial charge in [-0.1, -0.05) is 0 Å². The van der Waals surface area contributed by atoms with Gasteiger partial charge in [-0.15, -0.1) is 0 Å². The maximum atomic E-state index is 11.5. The Morgan fingerprint density at radius 2 is 2.29 bits per heavy atom. The van der Waals surface area contributed by atoms with Crippen molar-refractivity contribution in [3.05, 3.63) is 22.7 Å². The number of anilines is 1. The van der Waals surface area contributed by atoms with Crippen molar-refractivity contribution in [2.75, 3.05) is 31.7 Å². The zero-order chi connectivity index (χ0) is 12.3. The van der Waals surface area contributed by atoms with Crippen LogP contribution in [0, 0.1) is 0 Å². The van der Waals surface area contributed by atoms with Crippen LogP contribution in [0.25, 0.3) is 0 Å². The number of likely N-dealkylation sites (N-methyl/N-ethyl adjacent to an activating group) is 1. The first-order valence-electron chi connectivity index (χ1n) is 5.66. The molecule has 0 spiro atoms. The van der Waals surface area contributed by atoms with Crippen LogP contribution in [-0.4, -0.2) is 47.5 Å². The molecule has 1 aromatic heterocycles. The predicted molar refractivity (Wildman–Crippen MR) is 63.1 cm³/mol. The van der Waals surface area contributed by atoms with Crippen molar-refractivity contribution in [2.45, 2.75) is 18.4 Å². The number of nitrogens with zero attached hydrogens (tertiary/aromatic N) is 2. The van der Waals surface area contributed by atoms with E-state index in [1.807, 2.05) is 0 Å². The summed E-state index contributed by atoms with van der Waals surface area (Å²) in [6.07, 6.45) is 4.19. The number of hydrogen-bond donors (Lipinski definition) is 2. The van der Waals surface area contributed by atoms with Gasteiger partial charge in [0.15, 0.2) is 5.82 Å². The third-order valence-corrected chi connectivity index (χ3v) is 3.01. The standard InChI is InChI=1S/C11H17N3O3/c1-14(9-10(15)13-5-4-12-9)8-11(16)2-6-17-7-3-11/h4-5,16H,2-3,6-8H2,1H3,(H,13,15). The molecule has 1 aliphatic heterocycles. The summed E-state index contributed by atoms with van der Waals surface area (Å²) in [4.78, 5) is 19.8. The van der Waals surface area contributed by atoms with E-state index in [2.05, 4.69) is 9.97 Å². The second-order valence-electron chi connectivity index (χ2n) is 4.43. The highest BCUT2D eigenvalue weighted by atomic mass is 16.5. The van der Waals surface area contributed by atoms with Gasteiger partial charge in [0.05, 0.1) is 5.60 Å². The normalized spacial score (nSPS) is 18.9. The minimum absolute atomic E-state index is 0.245. The molecule has 1 aromatic rings. The van der Waals surface area contributed by atoms with Gasteiger partial charge in [0.1, 0.15) is 0 Å². The van der Waals surface area contributed by atoms with Gasteiger partial charge in [-0.2, -0.15) is 0 Å². The fourth-order valence-electron chi connectivity index (χ4n) is 2.04. The first-order chi connectivity index (χ1) is 8.11. The van der Waals surface area contributed by atoms with Gasteiger partial charge in [-0.05, 0) is 0 Å². The van der Waals surface area contributed by atoms with Crippen LogP contribution in [0.4, 0.5) is 5.82 Å². The number of aromatic amines is 1. The van der Waals surface area contributed by atoms with Gasteiger partial charge in [0.2, 0.25) is 0 Å². The lowest BCUT2D eigenvalue weighted by atomic mass is 9.94. The molecule has 0 aliphatic carbocycles. The summed E-state index contributed by atoms with van der Waals surface area (Å²) in [5.41, 5.74) is -1.04. The van der Waals surface area contributed by atoms with Crippen molar-refractivity contribution in [3.63, 3.8) is 0 Å². The van der Waals surface area contributed by atoms with E-state index in [1.54, 1.807) is 11.9 Å². The molecule has 94 valence electrons. The summed E-state index contributed by atoms with van der Waals surface area (Å²) >= 11 is 0. The van der Waals surface area contributed by atoms with Crippen LogP contribution in [0.3, 0.4) is 0 Å². The summed E-state index contributed by atoms with van der Waals surface area (Å²) in [5, 5.41) is 10.3. The van der Waals surface area contributed by atoms with Crippen LogP contribution in [0.15, 0.2) is 17.2 Å². The average molecular weight is 239 g/mol. The molecular formula is C11H17N3O3. The Hall–Kier alpha value is -1.40. The molecule has 2 rings (SSSR count). The lowest BCUT2D eigenvalue weighted by Crippen LogP contribution is -2.47. The molecule has 1 aliphatic rings. The lowest BCUT2D eigenvalue weighted by Gasteiger charge is -2.35. The molecular weight excluding hydrogens is 222 g/mol. The van der Waals surface area contributed by atoms with Crippen molar-refractivity contribution in [1.29, 1.82) is 0 Å². The topological polar surface area (TPSA) is 78.5 Å². The van der Waals surface area contributed by atoms with E-state index in [0.29, 0.717) is 38.4 Å². The zero-order valence-electron chi connectivity index (χ0n) is 9.85. The third-order valence-electron chi connectivity index (χ3n) is 3.01. The Bertz CT molecular complexity index is 426. The van der Waals surface area contributed by atoms with Crippen molar-refractivity contribution in [2.24, 2.45) is 0 Å². The molecule has 6 heteroatoms. The summed E-state index contributed by atoms with van der Waals surface area (Å²) in [5.74, 6) is 0.326. The summed E-state index contributed by atoms with van der Waals surface area (Å²) in [6.45, 7) is 1.50. The van der Waals surface area contributed by atoms with Crippen molar-refractivity contribution in [3.8, 4) is 0 Å². The van der Waals surface area contributed by atoms with Gasteiger partial charge >= 0.3 is 0 Å². The summed E-state index contributed by atoms with van der Waals surface area (Å²) in [7, 11) is 1.75. The van der Waals surface area contributed by atoms with Gasteiger partial charge in [0, 0.05) is 52.0 Å². The lowest BCUT2D eigenvalue weighted by molar-refractivity contribution is -0.0573. The number of H-pyrrole nitrogens is 1. The predicted octanol–water partition coefficient (Wildman–Crippen LogP) is -0.252. The fourth-order valence-corrected chi connectivity index (χ4v) is 2.04. The van der Waals surface area contributed by atoms with Crippen molar-refractivity contribution < 1.29 is 9.84 Å². The minimum Gasteiger partial charge on any atom is -0.388 e. The highest BCUT2D eigenvalue weighted by Gasteiger charge is 2.31. The highest BCUT2D eigenvalue weighted by Crippen LogP contribution is 2.22. The van der Waals surface area contributed by atoms with Crippen LogP contribution in [0.5, 0.6) is 0 Å². The second kappa shape index (κ2) is 4.85. The van der Waals surface area contributed by atoms with E-state index in [-0.39, 0.29) is 5.56 Å². The van der Waals surface area contributed by atoms with Crippen molar-refractivity contribution >= 4 is 5.82 Å². The molecule has 0 atom stereocenters. The van der Waals surface area contributed by atoms with Crippen molar-refractivity contribution in [1.82, 2.24) is 9.97 Å². The third kappa shape index (κ3) is 2.83. The minimum atomic E-state index is -0.795. The molecule has 1 fully saturated rings. The fraction of sp³-hybridized carbons (Fsp3) is 0.636. The number of hydrogen-bond acceptors (Lipinski definition) is 5. The molecule has 6 nitrogen and oxygen atoms in total. The van der Waals surface area contributed by atoms with Gasteiger partial charge in [-0.25, -0.2) is 4.98 Å². The molecule has 1 saturated heterocycles. The first kappa shape index (κ1) is 12.1. The monoisotopic (exact) mass is 239 g/mol.